The van der Waals surface area contributed by atoms with Crippen LogP contribution in [0.5, 0.6) is 0 Å². The van der Waals surface area contributed by atoms with Gasteiger partial charge in [0.05, 0.1) is 35.1 Å². The average molecular weight is 419 g/mol. The zero-order chi connectivity index (χ0) is 21.6. The molecule has 1 aliphatic heterocycles. The van der Waals surface area contributed by atoms with Crippen molar-refractivity contribution in [3.8, 4) is 11.3 Å². The summed E-state index contributed by atoms with van der Waals surface area (Å²) in [6.07, 6.45) is 2.91. The molecule has 4 rings (SSSR count). The van der Waals surface area contributed by atoms with Gasteiger partial charge in [0, 0.05) is 25.2 Å². The Morgan fingerprint density at radius 3 is 2.58 bits per heavy atom. The van der Waals surface area contributed by atoms with Crippen LogP contribution in [-0.4, -0.2) is 37.1 Å². The maximum absolute atomic E-state index is 12.5. The number of nitrogens with zero attached hydrogens (tertiary/aromatic N) is 2. The van der Waals surface area contributed by atoms with Gasteiger partial charge >= 0.3 is 0 Å². The summed E-state index contributed by atoms with van der Waals surface area (Å²) >= 11 is 0. The van der Waals surface area contributed by atoms with Crippen LogP contribution in [0.2, 0.25) is 0 Å². The SMILES string of the molecule is O=C(C=Cc1ccc(-c2ccccc2[N+](=O)[O-])o1)Nc1ccccc1N1CCOCC1. The molecule has 0 atom stereocenters. The van der Waals surface area contributed by atoms with Crippen LogP contribution in [0.3, 0.4) is 0 Å². The summed E-state index contributed by atoms with van der Waals surface area (Å²) in [4.78, 5) is 25.4. The quantitative estimate of drug-likeness (QED) is 0.363. The fourth-order valence-corrected chi connectivity index (χ4v) is 3.42. The van der Waals surface area contributed by atoms with Crippen molar-refractivity contribution in [1.29, 1.82) is 0 Å². The van der Waals surface area contributed by atoms with E-state index in [1.807, 2.05) is 24.3 Å². The molecule has 8 heteroatoms. The Morgan fingerprint density at radius 2 is 1.77 bits per heavy atom. The van der Waals surface area contributed by atoms with E-state index in [9.17, 15) is 14.9 Å². The van der Waals surface area contributed by atoms with Crippen LogP contribution in [0.15, 0.2) is 71.2 Å². The van der Waals surface area contributed by atoms with Crippen LogP contribution in [0.1, 0.15) is 5.76 Å². The van der Waals surface area contributed by atoms with Gasteiger partial charge in [0.2, 0.25) is 5.91 Å². The maximum Gasteiger partial charge on any atom is 0.280 e. The molecule has 3 aromatic rings. The Labute approximate surface area is 178 Å². The lowest BCUT2D eigenvalue weighted by Crippen LogP contribution is -2.36. The molecule has 1 amide bonds. The fraction of sp³-hybridized carbons (Fsp3) is 0.174. The summed E-state index contributed by atoms with van der Waals surface area (Å²) in [6.45, 7) is 2.85. The number of hydrogen-bond acceptors (Lipinski definition) is 6. The highest BCUT2D eigenvalue weighted by Crippen LogP contribution is 2.31. The lowest BCUT2D eigenvalue weighted by molar-refractivity contribution is -0.384. The van der Waals surface area contributed by atoms with E-state index in [1.54, 1.807) is 30.3 Å². The number of carbonyl (C=O) groups is 1. The van der Waals surface area contributed by atoms with Crippen molar-refractivity contribution >= 4 is 29.0 Å². The number of morpholine rings is 1. The normalized spacial score (nSPS) is 14.0. The second-order valence-corrected chi connectivity index (χ2v) is 6.92. The summed E-state index contributed by atoms with van der Waals surface area (Å²) in [5, 5.41) is 14.1. The molecule has 1 fully saturated rings. The fourth-order valence-electron chi connectivity index (χ4n) is 3.42. The van der Waals surface area contributed by atoms with Crippen LogP contribution in [0.4, 0.5) is 17.1 Å². The van der Waals surface area contributed by atoms with Crippen molar-refractivity contribution in [3.05, 3.63) is 82.6 Å². The van der Waals surface area contributed by atoms with Crippen molar-refractivity contribution in [3.63, 3.8) is 0 Å². The smallest absolute Gasteiger partial charge is 0.280 e. The average Bonchev–Trinajstić information content (AvgIpc) is 3.28. The largest absolute Gasteiger partial charge is 0.456 e. The molecule has 0 unspecified atom stereocenters. The molecule has 0 bridgehead atoms. The lowest BCUT2D eigenvalue weighted by Gasteiger charge is -2.30. The molecular weight excluding hydrogens is 398 g/mol. The molecule has 0 aliphatic carbocycles. The van der Waals surface area contributed by atoms with Gasteiger partial charge in [0.15, 0.2) is 0 Å². The Hall–Kier alpha value is -3.91. The van der Waals surface area contributed by atoms with Crippen molar-refractivity contribution in [2.24, 2.45) is 0 Å². The van der Waals surface area contributed by atoms with Gasteiger partial charge in [-0.2, -0.15) is 0 Å². The third-order valence-corrected chi connectivity index (χ3v) is 4.91. The van der Waals surface area contributed by atoms with Gasteiger partial charge < -0.3 is 19.4 Å². The van der Waals surface area contributed by atoms with E-state index in [4.69, 9.17) is 9.15 Å². The topological polar surface area (TPSA) is 97.8 Å². The second-order valence-electron chi connectivity index (χ2n) is 6.92. The molecule has 31 heavy (non-hydrogen) atoms. The van der Waals surface area contributed by atoms with Crippen LogP contribution < -0.4 is 10.2 Å². The first-order valence-electron chi connectivity index (χ1n) is 9.86. The number of benzene rings is 2. The summed E-state index contributed by atoms with van der Waals surface area (Å²) in [5.41, 5.74) is 2.02. The number of carbonyl (C=O) groups excluding carboxylic acids is 1. The number of nitro benzene ring substituents is 1. The predicted molar refractivity (Wildman–Crippen MR) is 118 cm³/mol. The number of nitrogens with one attached hydrogen (secondary N) is 1. The maximum atomic E-state index is 12.5. The first kappa shape index (κ1) is 20.4. The minimum absolute atomic E-state index is 0.0372. The Bertz CT molecular complexity index is 1120. The Morgan fingerprint density at radius 1 is 1.03 bits per heavy atom. The molecule has 1 aromatic heterocycles. The molecule has 1 N–H and O–H groups in total. The van der Waals surface area contributed by atoms with E-state index in [0.717, 1.165) is 24.5 Å². The standard InChI is InChI=1S/C23H21N3O5/c27-23(24-19-6-2-4-8-21(19)25-13-15-30-16-14-25)12-10-17-9-11-22(31-17)18-5-1-3-7-20(18)26(28)29/h1-12H,13-16H2,(H,24,27). The zero-order valence-corrected chi connectivity index (χ0v) is 16.7. The minimum Gasteiger partial charge on any atom is -0.456 e. The van der Waals surface area contributed by atoms with Gasteiger partial charge in [-0.3, -0.25) is 14.9 Å². The Balaban J connectivity index is 1.46. The number of anilines is 2. The second kappa shape index (κ2) is 9.27. The summed E-state index contributed by atoms with van der Waals surface area (Å²) < 4.78 is 11.1. The van der Waals surface area contributed by atoms with Gasteiger partial charge in [-0.05, 0) is 36.4 Å². The highest BCUT2D eigenvalue weighted by atomic mass is 16.6. The first-order chi connectivity index (χ1) is 15.1. The van der Waals surface area contributed by atoms with E-state index in [0.29, 0.717) is 30.3 Å². The number of furan rings is 1. The van der Waals surface area contributed by atoms with E-state index < -0.39 is 4.92 Å². The zero-order valence-electron chi connectivity index (χ0n) is 16.7. The van der Waals surface area contributed by atoms with Gasteiger partial charge in [-0.1, -0.05) is 24.3 Å². The highest BCUT2D eigenvalue weighted by molar-refractivity contribution is 6.03. The molecule has 8 nitrogen and oxygen atoms in total. The van der Waals surface area contributed by atoms with Crippen LogP contribution >= 0.6 is 0 Å². The third-order valence-electron chi connectivity index (χ3n) is 4.91. The van der Waals surface area contributed by atoms with E-state index >= 15 is 0 Å². The van der Waals surface area contributed by atoms with Crippen LogP contribution in [0.25, 0.3) is 17.4 Å². The molecule has 1 aliphatic rings. The van der Waals surface area contributed by atoms with Gasteiger partial charge in [0.25, 0.3) is 5.69 Å². The summed E-state index contributed by atoms with van der Waals surface area (Å²) in [6, 6.07) is 17.3. The monoisotopic (exact) mass is 419 g/mol. The summed E-state index contributed by atoms with van der Waals surface area (Å²) in [7, 11) is 0. The van der Waals surface area contributed by atoms with E-state index in [2.05, 4.69) is 10.2 Å². The number of ether oxygens (including phenoxy) is 1. The Kier molecular flexibility index (Phi) is 6.09. The van der Waals surface area contributed by atoms with Gasteiger partial charge in [-0.15, -0.1) is 0 Å². The molecular formula is C23H21N3O5. The minimum atomic E-state index is -0.452. The van der Waals surface area contributed by atoms with Crippen molar-refractivity contribution in [2.45, 2.75) is 0 Å². The van der Waals surface area contributed by atoms with Crippen LogP contribution in [-0.2, 0) is 9.53 Å². The number of nitro groups is 1. The van der Waals surface area contributed by atoms with E-state index in [1.165, 1.54) is 18.2 Å². The highest BCUT2D eigenvalue weighted by Gasteiger charge is 2.17. The van der Waals surface area contributed by atoms with E-state index in [-0.39, 0.29) is 11.6 Å². The number of rotatable bonds is 6. The lowest BCUT2D eigenvalue weighted by atomic mass is 10.1. The number of hydrogen-bond donors (Lipinski definition) is 1. The summed E-state index contributed by atoms with van der Waals surface area (Å²) in [5.74, 6) is 0.485. The molecule has 1 saturated heterocycles. The molecule has 158 valence electrons. The van der Waals surface area contributed by atoms with Crippen LogP contribution in [0, 0.1) is 10.1 Å². The third kappa shape index (κ3) is 4.81. The molecule has 0 saturated carbocycles. The van der Waals surface area contributed by atoms with Crippen molar-refractivity contribution in [1.82, 2.24) is 0 Å². The van der Waals surface area contributed by atoms with Crippen molar-refractivity contribution < 1.29 is 18.9 Å². The predicted octanol–water partition coefficient (Wildman–Crippen LogP) is 4.34. The molecule has 0 radical (unpaired) electrons. The first-order valence-corrected chi connectivity index (χ1v) is 9.86. The number of para-hydroxylation sites is 3. The number of amides is 1. The molecule has 0 spiro atoms. The van der Waals surface area contributed by atoms with Gasteiger partial charge in [0.1, 0.15) is 11.5 Å². The molecule has 2 aromatic carbocycles. The van der Waals surface area contributed by atoms with Crippen molar-refractivity contribution in [2.75, 3.05) is 36.5 Å². The molecule has 2 heterocycles. The van der Waals surface area contributed by atoms with Gasteiger partial charge in [-0.25, -0.2) is 0 Å².